The minimum absolute atomic E-state index is 0. The molecule has 23 heavy (non-hydrogen) atoms. The van der Waals surface area contributed by atoms with Gasteiger partial charge in [0.1, 0.15) is 0 Å². The van der Waals surface area contributed by atoms with Gasteiger partial charge in [0.15, 0.2) is 5.96 Å². The van der Waals surface area contributed by atoms with Crippen molar-refractivity contribution in [3.8, 4) is 0 Å². The number of hydrogen-bond donors (Lipinski definition) is 2. The van der Waals surface area contributed by atoms with Crippen molar-refractivity contribution in [1.29, 1.82) is 0 Å². The van der Waals surface area contributed by atoms with Gasteiger partial charge in [-0.1, -0.05) is 35.9 Å². The number of pyridine rings is 1. The van der Waals surface area contributed by atoms with Gasteiger partial charge in [-0.25, -0.2) is 4.99 Å². The average molecular weight is 424 g/mol. The van der Waals surface area contributed by atoms with Crippen molar-refractivity contribution in [2.45, 2.75) is 26.8 Å². The number of hydrogen-bond acceptors (Lipinski definition) is 2. The van der Waals surface area contributed by atoms with Crippen LogP contribution in [0.5, 0.6) is 0 Å². The molecule has 124 valence electrons. The predicted octanol–water partition coefficient (Wildman–Crippen LogP) is 3.31. The van der Waals surface area contributed by atoms with Crippen LogP contribution in [-0.2, 0) is 13.0 Å². The van der Waals surface area contributed by atoms with Crippen LogP contribution in [-0.4, -0.2) is 24.0 Å². The van der Waals surface area contributed by atoms with Gasteiger partial charge in [0, 0.05) is 19.3 Å². The molecule has 0 atom stereocenters. The summed E-state index contributed by atoms with van der Waals surface area (Å²) in [6.45, 7) is 6.48. The molecule has 2 rings (SSSR count). The smallest absolute Gasteiger partial charge is 0.191 e. The van der Waals surface area contributed by atoms with Gasteiger partial charge in [-0.15, -0.1) is 24.0 Å². The molecule has 0 fully saturated rings. The van der Waals surface area contributed by atoms with Crippen LogP contribution in [0.2, 0.25) is 0 Å². The van der Waals surface area contributed by atoms with E-state index < -0.39 is 0 Å². The van der Waals surface area contributed by atoms with Crippen LogP contribution in [0.3, 0.4) is 0 Å². The second-order valence-electron chi connectivity index (χ2n) is 5.18. The van der Waals surface area contributed by atoms with Crippen LogP contribution >= 0.6 is 24.0 Å². The molecule has 0 radical (unpaired) electrons. The van der Waals surface area contributed by atoms with Gasteiger partial charge in [0.25, 0.3) is 0 Å². The summed E-state index contributed by atoms with van der Waals surface area (Å²) in [4.78, 5) is 8.85. The van der Waals surface area contributed by atoms with Gasteiger partial charge < -0.3 is 10.6 Å². The first kappa shape index (κ1) is 19.4. The Balaban J connectivity index is 0.00000264. The quantitative estimate of drug-likeness (QED) is 0.425. The van der Waals surface area contributed by atoms with Crippen LogP contribution < -0.4 is 10.6 Å². The van der Waals surface area contributed by atoms with E-state index in [0.717, 1.165) is 31.2 Å². The van der Waals surface area contributed by atoms with Gasteiger partial charge in [0.05, 0.1) is 12.2 Å². The second-order valence-corrected chi connectivity index (χ2v) is 5.18. The van der Waals surface area contributed by atoms with Crippen LogP contribution in [0.4, 0.5) is 0 Å². The summed E-state index contributed by atoms with van der Waals surface area (Å²) in [6.07, 6.45) is 2.78. The van der Waals surface area contributed by atoms with Gasteiger partial charge in [-0.05, 0) is 38.0 Å². The van der Waals surface area contributed by atoms with Crippen LogP contribution in [0.15, 0.2) is 53.7 Å². The SMILES string of the molecule is CCNC(=NCc1ccccn1)NCCc1cccc(C)c1.I. The molecule has 2 N–H and O–H groups in total. The zero-order chi connectivity index (χ0) is 15.6. The van der Waals surface area contributed by atoms with Crippen molar-refractivity contribution in [2.75, 3.05) is 13.1 Å². The zero-order valence-corrected chi connectivity index (χ0v) is 16.1. The molecule has 0 aliphatic heterocycles. The van der Waals surface area contributed by atoms with Crippen LogP contribution in [0.1, 0.15) is 23.7 Å². The Morgan fingerprint density at radius 3 is 2.70 bits per heavy atom. The molecule has 0 amide bonds. The fraction of sp³-hybridized carbons (Fsp3) is 0.333. The molecule has 1 aromatic heterocycles. The molecule has 5 heteroatoms. The highest BCUT2D eigenvalue weighted by molar-refractivity contribution is 14.0. The predicted molar refractivity (Wildman–Crippen MR) is 107 cm³/mol. The van der Waals surface area contributed by atoms with Crippen molar-refractivity contribution in [2.24, 2.45) is 4.99 Å². The molecule has 0 aliphatic carbocycles. The van der Waals surface area contributed by atoms with Crippen molar-refractivity contribution >= 4 is 29.9 Å². The van der Waals surface area contributed by atoms with Crippen molar-refractivity contribution < 1.29 is 0 Å². The minimum atomic E-state index is 0. The summed E-state index contributed by atoms with van der Waals surface area (Å²) >= 11 is 0. The first-order chi connectivity index (χ1) is 10.8. The third kappa shape index (κ3) is 7.45. The van der Waals surface area contributed by atoms with Crippen LogP contribution in [0, 0.1) is 6.92 Å². The third-order valence-electron chi connectivity index (χ3n) is 3.26. The highest BCUT2D eigenvalue weighted by atomic mass is 127. The number of aromatic nitrogens is 1. The van der Waals surface area contributed by atoms with E-state index in [1.165, 1.54) is 11.1 Å². The van der Waals surface area contributed by atoms with Crippen molar-refractivity contribution in [3.63, 3.8) is 0 Å². The van der Waals surface area contributed by atoms with E-state index in [1.807, 2.05) is 18.2 Å². The minimum Gasteiger partial charge on any atom is -0.357 e. The molecule has 4 nitrogen and oxygen atoms in total. The highest BCUT2D eigenvalue weighted by Gasteiger charge is 1.99. The first-order valence-electron chi connectivity index (χ1n) is 7.75. The summed E-state index contributed by atoms with van der Waals surface area (Å²) in [5.41, 5.74) is 3.61. The lowest BCUT2D eigenvalue weighted by atomic mass is 10.1. The number of guanidine groups is 1. The van der Waals surface area contributed by atoms with Gasteiger partial charge in [-0.2, -0.15) is 0 Å². The molecular formula is C18H25IN4. The van der Waals surface area contributed by atoms with Gasteiger partial charge in [-0.3, -0.25) is 4.98 Å². The fourth-order valence-electron chi connectivity index (χ4n) is 2.19. The summed E-state index contributed by atoms with van der Waals surface area (Å²) in [7, 11) is 0. The number of benzene rings is 1. The Hall–Kier alpha value is -1.63. The van der Waals surface area contributed by atoms with E-state index >= 15 is 0 Å². The Morgan fingerprint density at radius 1 is 1.13 bits per heavy atom. The van der Waals surface area contributed by atoms with E-state index in [1.54, 1.807) is 6.20 Å². The maximum atomic E-state index is 4.56. The first-order valence-corrected chi connectivity index (χ1v) is 7.75. The number of nitrogens with zero attached hydrogens (tertiary/aromatic N) is 2. The Kier molecular flexibility index (Phi) is 9.28. The average Bonchev–Trinajstić information content (AvgIpc) is 2.54. The normalized spacial score (nSPS) is 10.8. The molecule has 0 saturated carbocycles. The third-order valence-corrected chi connectivity index (χ3v) is 3.26. The molecule has 0 bridgehead atoms. The molecule has 0 unspecified atom stereocenters. The summed E-state index contributed by atoms with van der Waals surface area (Å²) in [5.74, 6) is 0.834. The van der Waals surface area contributed by atoms with E-state index in [9.17, 15) is 0 Å². The number of aryl methyl sites for hydroxylation is 1. The van der Waals surface area contributed by atoms with Crippen molar-refractivity contribution in [1.82, 2.24) is 15.6 Å². The van der Waals surface area contributed by atoms with E-state index in [4.69, 9.17) is 0 Å². The molecule has 0 aliphatic rings. The largest absolute Gasteiger partial charge is 0.357 e. The number of halogens is 1. The topological polar surface area (TPSA) is 49.3 Å². The molecule has 2 aromatic rings. The van der Waals surface area contributed by atoms with Gasteiger partial charge in [0.2, 0.25) is 0 Å². The standard InChI is InChI=1S/C18H24N4.HI/c1-3-19-18(22-14-17-9-4-5-11-20-17)21-12-10-16-8-6-7-15(2)13-16;/h4-9,11,13H,3,10,12,14H2,1-2H3,(H2,19,21,22);1H. The lowest BCUT2D eigenvalue weighted by Gasteiger charge is -2.11. The second kappa shape index (κ2) is 11.0. The van der Waals surface area contributed by atoms with Gasteiger partial charge >= 0.3 is 0 Å². The number of nitrogens with one attached hydrogen (secondary N) is 2. The molecule has 1 aromatic carbocycles. The summed E-state index contributed by atoms with van der Waals surface area (Å²) < 4.78 is 0. The molecule has 0 saturated heterocycles. The Bertz CT molecular complexity index is 599. The zero-order valence-electron chi connectivity index (χ0n) is 13.7. The maximum absolute atomic E-state index is 4.56. The number of rotatable bonds is 6. The lowest BCUT2D eigenvalue weighted by Crippen LogP contribution is -2.38. The maximum Gasteiger partial charge on any atom is 0.191 e. The summed E-state index contributed by atoms with van der Waals surface area (Å²) in [5, 5.41) is 6.63. The van der Waals surface area contributed by atoms with E-state index in [-0.39, 0.29) is 24.0 Å². The molecule has 0 spiro atoms. The Morgan fingerprint density at radius 2 is 2.00 bits per heavy atom. The summed E-state index contributed by atoms with van der Waals surface area (Å²) in [6, 6.07) is 14.5. The monoisotopic (exact) mass is 424 g/mol. The molecular weight excluding hydrogens is 399 g/mol. The molecule has 1 heterocycles. The highest BCUT2D eigenvalue weighted by Crippen LogP contribution is 2.03. The van der Waals surface area contributed by atoms with Crippen LogP contribution in [0.25, 0.3) is 0 Å². The fourth-order valence-corrected chi connectivity index (χ4v) is 2.19. The Labute approximate surface area is 155 Å². The van der Waals surface area contributed by atoms with E-state index in [2.05, 4.69) is 58.7 Å². The van der Waals surface area contributed by atoms with Crippen molar-refractivity contribution in [3.05, 3.63) is 65.5 Å². The lowest BCUT2D eigenvalue weighted by molar-refractivity contribution is 0.796. The number of aliphatic imine (C=N–C) groups is 1. The van der Waals surface area contributed by atoms with E-state index in [0.29, 0.717) is 6.54 Å².